The van der Waals surface area contributed by atoms with Crippen LogP contribution < -0.4 is 10.2 Å². The van der Waals surface area contributed by atoms with Crippen LogP contribution >= 0.6 is 11.6 Å². The molecule has 7 nitrogen and oxygen atoms in total. The van der Waals surface area contributed by atoms with Gasteiger partial charge in [-0.2, -0.15) is 0 Å². The van der Waals surface area contributed by atoms with E-state index >= 15 is 0 Å². The number of anilines is 1. The van der Waals surface area contributed by atoms with Gasteiger partial charge in [0.1, 0.15) is 22.1 Å². The first-order valence-electron chi connectivity index (χ1n) is 9.36. The van der Waals surface area contributed by atoms with E-state index in [0.29, 0.717) is 22.9 Å². The summed E-state index contributed by atoms with van der Waals surface area (Å²) in [5.41, 5.74) is 0.812. The highest BCUT2D eigenvalue weighted by Gasteiger charge is 2.42. The van der Waals surface area contributed by atoms with Crippen LogP contribution in [0.25, 0.3) is 11.2 Å². The van der Waals surface area contributed by atoms with E-state index in [9.17, 15) is 4.79 Å². The van der Waals surface area contributed by atoms with Gasteiger partial charge in [0.15, 0.2) is 5.65 Å². The van der Waals surface area contributed by atoms with Crippen LogP contribution in [0.1, 0.15) is 46.5 Å². The maximum Gasteiger partial charge on any atom is 0.407 e. The molecule has 8 heteroatoms. The fraction of sp³-hybridized carbons (Fsp3) is 0.579. The number of hydrogen-bond donors (Lipinski definition) is 1. The molecule has 2 aromatic rings. The molecule has 2 bridgehead atoms. The van der Waals surface area contributed by atoms with Crippen molar-refractivity contribution >= 4 is 34.7 Å². The summed E-state index contributed by atoms with van der Waals surface area (Å²) in [6, 6.07) is 4.39. The summed E-state index contributed by atoms with van der Waals surface area (Å²) >= 11 is 5.93. The third-order valence-corrected chi connectivity index (χ3v) is 5.29. The zero-order chi connectivity index (χ0) is 19.2. The number of hydrogen-bond acceptors (Lipinski definition) is 6. The van der Waals surface area contributed by atoms with E-state index in [0.717, 1.165) is 37.0 Å². The molecular formula is C19H24ClN5O2. The number of nitrogens with one attached hydrogen (secondary N) is 1. The predicted molar refractivity (Wildman–Crippen MR) is 104 cm³/mol. The first kappa shape index (κ1) is 18.2. The van der Waals surface area contributed by atoms with Crippen molar-refractivity contribution in [3.63, 3.8) is 0 Å². The molecule has 144 valence electrons. The Bertz CT molecular complexity index is 855. The van der Waals surface area contributed by atoms with Crippen molar-refractivity contribution in [2.75, 3.05) is 4.90 Å². The number of amides is 1. The van der Waals surface area contributed by atoms with Crippen LogP contribution in [0, 0.1) is 0 Å². The van der Waals surface area contributed by atoms with E-state index in [4.69, 9.17) is 21.3 Å². The molecule has 2 aromatic heterocycles. The number of nitrogens with zero attached hydrogens (tertiary/aromatic N) is 4. The van der Waals surface area contributed by atoms with Gasteiger partial charge in [-0.3, -0.25) is 0 Å². The minimum absolute atomic E-state index is 0.127. The van der Waals surface area contributed by atoms with Gasteiger partial charge in [-0.15, -0.1) is 0 Å². The van der Waals surface area contributed by atoms with Gasteiger partial charge in [-0.05, 0) is 58.6 Å². The first-order valence-corrected chi connectivity index (χ1v) is 9.73. The first-order chi connectivity index (χ1) is 12.8. The van der Waals surface area contributed by atoms with E-state index in [1.54, 1.807) is 12.3 Å². The number of ether oxygens (including phenoxy) is 1. The molecule has 2 aliphatic rings. The Balaban J connectivity index is 1.48. The lowest BCUT2D eigenvalue weighted by molar-refractivity contribution is 0.0492. The van der Waals surface area contributed by atoms with Crippen LogP contribution in [0.15, 0.2) is 18.3 Å². The van der Waals surface area contributed by atoms with Crippen LogP contribution in [-0.2, 0) is 4.74 Å². The number of halogens is 1. The van der Waals surface area contributed by atoms with Crippen molar-refractivity contribution in [1.29, 1.82) is 0 Å². The summed E-state index contributed by atoms with van der Waals surface area (Å²) in [5, 5.41) is 3.45. The normalized spacial score (nSPS) is 24.9. The number of pyridine rings is 1. The number of alkyl carbamates (subject to hydrolysis) is 1. The smallest absolute Gasteiger partial charge is 0.407 e. The number of fused-ring (bicyclic) bond motifs is 3. The second kappa shape index (κ2) is 6.78. The third kappa shape index (κ3) is 3.93. The molecule has 2 fully saturated rings. The molecular weight excluding hydrogens is 366 g/mol. The van der Waals surface area contributed by atoms with Gasteiger partial charge in [-0.25, -0.2) is 19.7 Å². The molecule has 1 N–H and O–H groups in total. The molecule has 2 atom stereocenters. The van der Waals surface area contributed by atoms with Gasteiger partial charge < -0.3 is 15.0 Å². The van der Waals surface area contributed by atoms with Crippen LogP contribution in [0.4, 0.5) is 10.6 Å². The van der Waals surface area contributed by atoms with Gasteiger partial charge in [-0.1, -0.05) is 11.6 Å². The number of aromatic nitrogens is 3. The van der Waals surface area contributed by atoms with Crippen molar-refractivity contribution in [1.82, 2.24) is 20.3 Å². The predicted octanol–water partition coefficient (Wildman–Crippen LogP) is 3.70. The molecule has 2 saturated heterocycles. The largest absolute Gasteiger partial charge is 0.444 e. The monoisotopic (exact) mass is 389 g/mol. The summed E-state index contributed by atoms with van der Waals surface area (Å²) in [6.07, 6.45) is 5.39. The number of carbonyl (C=O) groups is 1. The second-order valence-corrected chi connectivity index (χ2v) is 8.70. The van der Waals surface area contributed by atoms with Crippen molar-refractivity contribution in [2.24, 2.45) is 0 Å². The quantitative estimate of drug-likeness (QED) is 0.789. The summed E-state index contributed by atoms with van der Waals surface area (Å²) in [6.45, 7) is 5.62. The van der Waals surface area contributed by atoms with Gasteiger partial charge in [0.25, 0.3) is 0 Å². The average molecular weight is 390 g/mol. The summed E-state index contributed by atoms with van der Waals surface area (Å²) in [4.78, 5) is 27.8. The molecule has 0 aliphatic carbocycles. The lowest BCUT2D eigenvalue weighted by Gasteiger charge is -2.39. The van der Waals surface area contributed by atoms with Crippen LogP contribution in [-0.4, -0.2) is 44.8 Å². The minimum Gasteiger partial charge on any atom is -0.444 e. The van der Waals surface area contributed by atoms with E-state index < -0.39 is 5.60 Å². The number of carbonyl (C=O) groups excluding carboxylic acids is 1. The van der Waals surface area contributed by atoms with Gasteiger partial charge in [0.2, 0.25) is 0 Å². The molecule has 1 amide bonds. The van der Waals surface area contributed by atoms with Gasteiger partial charge >= 0.3 is 6.09 Å². The standard InChI is InChI=1S/C19H24ClN5O2/c1-19(2,3)27-18(26)22-11-8-12-4-5-13(9-11)25(12)16-10-21-17-14(23-16)6-7-15(20)24-17/h6-7,10-13H,4-5,8-9H2,1-3H3,(H,22,26). The molecule has 0 aromatic carbocycles. The highest BCUT2D eigenvalue weighted by Crippen LogP contribution is 2.38. The van der Waals surface area contributed by atoms with Crippen molar-refractivity contribution in [3.8, 4) is 0 Å². The second-order valence-electron chi connectivity index (χ2n) is 8.31. The molecule has 2 aliphatic heterocycles. The Labute approximate surface area is 163 Å². The van der Waals surface area contributed by atoms with Crippen molar-refractivity contribution in [2.45, 2.75) is 70.2 Å². The molecule has 0 spiro atoms. The minimum atomic E-state index is -0.485. The zero-order valence-electron chi connectivity index (χ0n) is 15.8. The van der Waals surface area contributed by atoms with Crippen LogP contribution in [0.3, 0.4) is 0 Å². The highest BCUT2D eigenvalue weighted by molar-refractivity contribution is 6.29. The zero-order valence-corrected chi connectivity index (χ0v) is 16.5. The van der Waals surface area contributed by atoms with Crippen molar-refractivity contribution < 1.29 is 9.53 Å². The van der Waals surface area contributed by atoms with Gasteiger partial charge in [0, 0.05) is 18.1 Å². The van der Waals surface area contributed by atoms with Crippen LogP contribution in [0.5, 0.6) is 0 Å². The molecule has 0 radical (unpaired) electrons. The Morgan fingerprint density at radius 2 is 1.93 bits per heavy atom. The Hall–Kier alpha value is -2.15. The molecule has 27 heavy (non-hydrogen) atoms. The highest BCUT2D eigenvalue weighted by atomic mass is 35.5. The fourth-order valence-corrected chi connectivity index (χ4v) is 4.28. The van der Waals surface area contributed by atoms with E-state index in [1.807, 2.05) is 26.8 Å². The maximum absolute atomic E-state index is 12.1. The summed E-state index contributed by atoms with van der Waals surface area (Å²) < 4.78 is 5.40. The fourth-order valence-electron chi connectivity index (χ4n) is 4.14. The molecule has 4 rings (SSSR count). The SMILES string of the molecule is CC(C)(C)OC(=O)NC1CC2CCC(C1)N2c1cnc2nc(Cl)ccc2n1. The number of piperidine rings is 1. The van der Waals surface area contributed by atoms with E-state index in [-0.39, 0.29) is 12.1 Å². The molecule has 0 saturated carbocycles. The van der Waals surface area contributed by atoms with E-state index in [2.05, 4.69) is 20.2 Å². The number of rotatable bonds is 2. The van der Waals surface area contributed by atoms with Gasteiger partial charge in [0.05, 0.1) is 6.20 Å². The lowest BCUT2D eigenvalue weighted by Crippen LogP contribution is -2.51. The van der Waals surface area contributed by atoms with E-state index in [1.165, 1.54) is 0 Å². The Kier molecular flexibility index (Phi) is 4.58. The average Bonchev–Trinajstić information content (AvgIpc) is 2.83. The summed E-state index contributed by atoms with van der Waals surface area (Å²) in [7, 11) is 0. The Morgan fingerprint density at radius 3 is 2.59 bits per heavy atom. The van der Waals surface area contributed by atoms with Crippen LogP contribution in [0.2, 0.25) is 5.15 Å². The molecule has 2 unspecified atom stereocenters. The lowest BCUT2D eigenvalue weighted by atomic mass is 9.97. The maximum atomic E-state index is 12.1. The molecule has 4 heterocycles. The topological polar surface area (TPSA) is 80.2 Å². The third-order valence-electron chi connectivity index (χ3n) is 5.08. The summed E-state index contributed by atoms with van der Waals surface area (Å²) in [5.74, 6) is 0.870. The Morgan fingerprint density at radius 1 is 1.22 bits per heavy atom. The van der Waals surface area contributed by atoms with Crippen molar-refractivity contribution in [3.05, 3.63) is 23.5 Å².